The molecular formula is C22H25FN4. The first-order valence-electron chi connectivity index (χ1n) is 9.57. The van der Waals surface area contributed by atoms with Crippen molar-refractivity contribution in [3.05, 3.63) is 53.1 Å². The van der Waals surface area contributed by atoms with E-state index in [-0.39, 0.29) is 5.82 Å². The highest BCUT2D eigenvalue weighted by Gasteiger charge is 2.22. The summed E-state index contributed by atoms with van der Waals surface area (Å²) in [6.07, 6.45) is 2.13. The van der Waals surface area contributed by atoms with E-state index in [0.29, 0.717) is 11.4 Å². The van der Waals surface area contributed by atoms with Gasteiger partial charge < -0.3 is 4.57 Å². The predicted molar refractivity (Wildman–Crippen MR) is 108 cm³/mol. The molecule has 0 saturated carbocycles. The summed E-state index contributed by atoms with van der Waals surface area (Å²) in [7, 11) is 1.90. The third-order valence-corrected chi connectivity index (χ3v) is 5.58. The normalized spacial score (nSPS) is 12.0. The van der Waals surface area contributed by atoms with Gasteiger partial charge in [0.15, 0.2) is 5.65 Å². The molecule has 0 unspecified atom stereocenters. The molecule has 4 rings (SSSR count). The third kappa shape index (κ3) is 2.64. The summed E-state index contributed by atoms with van der Waals surface area (Å²) in [4.78, 5) is 4.87. The van der Waals surface area contributed by atoms with Crippen LogP contribution in [0.5, 0.6) is 0 Å². The zero-order chi connectivity index (χ0) is 19.3. The maximum Gasteiger partial charge on any atom is 0.158 e. The summed E-state index contributed by atoms with van der Waals surface area (Å²) in [5, 5.41) is 5.65. The Kier molecular flexibility index (Phi) is 4.25. The molecule has 4 nitrogen and oxygen atoms in total. The van der Waals surface area contributed by atoms with Crippen molar-refractivity contribution in [2.45, 2.75) is 46.5 Å². The van der Waals surface area contributed by atoms with E-state index in [1.54, 1.807) is 6.07 Å². The zero-order valence-electron chi connectivity index (χ0n) is 16.5. The van der Waals surface area contributed by atoms with Crippen LogP contribution in [0.25, 0.3) is 27.9 Å². The van der Waals surface area contributed by atoms with Crippen LogP contribution >= 0.6 is 0 Å². The third-order valence-electron chi connectivity index (χ3n) is 5.58. The van der Waals surface area contributed by atoms with E-state index in [1.807, 2.05) is 42.1 Å². The van der Waals surface area contributed by atoms with Crippen molar-refractivity contribution in [1.82, 2.24) is 19.2 Å². The van der Waals surface area contributed by atoms with Gasteiger partial charge in [-0.1, -0.05) is 26.0 Å². The molecule has 0 radical (unpaired) electrons. The molecule has 3 heterocycles. The number of fused-ring (bicyclic) bond motifs is 2. The molecule has 0 aliphatic carbocycles. The van der Waals surface area contributed by atoms with Gasteiger partial charge >= 0.3 is 0 Å². The number of nitrogens with zero attached hydrogens (tertiary/aromatic N) is 4. The van der Waals surface area contributed by atoms with E-state index in [0.717, 1.165) is 46.7 Å². The molecule has 3 aromatic heterocycles. The Hall–Kier alpha value is -2.69. The molecule has 0 amide bonds. The molecule has 0 spiro atoms. The lowest BCUT2D eigenvalue weighted by Gasteiger charge is -2.15. The van der Waals surface area contributed by atoms with Crippen molar-refractivity contribution >= 4 is 16.6 Å². The Labute approximate surface area is 158 Å². The fourth-order valence-corrected chi connectivity index (χ4v) is 4.20. The monoisotopic (exact) mass is 364 g/mol. The topological polar surface area (TPSA) is 35.1 Å². The SMILES string of the molecule is CCC(CC)c1cc(C)nn2c(-c3cc4cccc(F)c4n3C)c(C)nc12. The largest absolute Gasteiger partial charge is 0.340 e. The van der Waals surface area contributed by atoms with Gasteiger partial charge in [-0.25, -0.2) is 13.9 Å². The highest BCUT2D eigenvalue weighted by atomic mass is 19.1. The van der Waals surface area contributed by atoms with Crippen molar-refractivity contribution in [3.63, 3.8) is 0 Å². The van der Waals surface area contributed by atoms with Gasteiger partial charge in [0.25, 0.3) is 0 Å². The minimum Gasteiger partial charge on any atom is -0.340 e. The van der Waals surface area contributed by atoms with Crippen molar-refractivity contribution in [2.24, 2.45) is 7.05 Å². The average Bonchev–Trinajstić information content (AvgIpc) is 3.13. The molecule has 0 N–H and O–H groups in total. The number of para-hydroxylation sites is 1. The van der Waals surface area contributed by atoms with Crippen LogP contribution in [0.15, 0.2) is 30.3 Å². The van der Waals surface area contributed by atoms with Crippen molar-refractivity contribution < 1.29 is 4.39 Å². The fraction of sp³-hybridized carbons (Fsp3) is 0.364. The molecule has 140 valence electrons. The highest BCUT2D eigenvalue weighted by molar-refractivity contribution is 5.87. The number of imidazole rings is 1. The number of aryl methyl sites for hydroxylation is 3. The van der Waals surface area contributed by atoms with Gasteiger partial charge in [-0.15, -0.1) is 0 Å². The second-order valence-corrected chi connectivity index (χ2v) is 7.30. The maximum absolute atomic E-state index is 14.4. The van der Waals surface area contributed by atoms with Gasteiger partial charge in [-0.3, -0.25) is 0 Å². The Morgan fingerprint density at radius 3 is 2.52 bits per heavy atom. The van der Waals surface area contributed by atoms with Crippen LogP contribution < -0.4 is 0 Å². The summed E-state index contributed by atoms with van der Waals surface area (Å²) in [6, 6.07) is 9.37. The molecule has 27 heavy (non-hydrogen) atoms. The van der Waals surface area contributed by atoms with Crippen LogP contribution in [0.4, 0.5) is 4.39 Å². The lowest BCUT2D eigenvalue weighted by Crippen LogP contribution is -2.06. The summed E-state index contributed by atoms with van der Waals surface area (Å²) >= 11 is 0. The van der Waals surface area contributed by atoms with Crippen LogP contribution in [-0.4, -0.2) is 19.2 Å². The van der Waals surface area contributed by atoms with E-state index in [4.69, 9.17) is 10.1 Å². The molecule has 0 aliphatic rings. The second kappa shape index (κ2) is 6.48. The zero-order valence-corrected chi connectivity index (χ0v) is 16.5. The van der Waals surface area contributed by atoms with Gasteiger partial charge in [0.1, 0.15) is 11.5 Å². The molecule has 0 atom stereocenters. The van der Waals surface area contributed by atoms with Gasteiger partial charge in [0, 0.05) is 18.0 Å². The molecule has 5 heteroatoms. The first-order chi connectivity index (χ1) is 13.0. The van der Waals surface area contributed by atoms with E-state index in [1.165, 1.54) is 11.6 Å². The number of aromatic nitrogens is 4. The average molecular weight is 364 g/mol. The summed E-state index contributed by atoms with van der Waals surface area (Å²) < 4.78 is 18.2. The van der Waals surface area contributed by atoms with E-state index < -0.39 is 0 Å². The summed E-state index contributed by atoms with van der Waals surface area (Å²) in [5.74, 6) is 0.239. The van der Waals surface area contributed by atoms with Gasteiger partial charge in [0.05, 0.1) is 22.6 Å². The fourth-order valence-electron chi connectivity index (χ4n) is 4.20. The lowest BCUT2D eigenvalue weighted by molar-refractivity contribution is 0.632. The standard InChI is InChI=1S/C22H25FN4/c1-6-15(7-2)17-11-13(3)25-27-20(14(4)24-22(17)27)19-12-16-9-8-10-18(23)21(16)26(19)5/h8-12,15H,6-7H2,1-5H3. The quantitative estimate of drug-likeness (QED) is 0.476. The molecule has 4 aromatic rings. The Morgan fingerprint density at radius 2 is 1.85 bits per heavy atom. The van der Waals surface area contributed by atoms with Crippen LogP contribution in [0.2, 0.25) is 0 Å². The van der Waals surface area contributed by atoms with Gasteiger partial charge in [0.2, 0.25) is 0 Å². The highest BCUT2D eigenvalue weighted by Crippen LogP contribution is 2.34. The minimum absolute atomic E-state index is 0.213. The molecule has 0 saturated heterocycles. The van der Waals surface area contributed by atoms with Crippen molar-refractivity contribution in [3.8, 4) is 11.4 Å². The molecule has 0 fully saturated rings. The molecule has 1 aromatic carbocycles. The van der Waals surface area contributed by atoms with E-state index in [2.05, 4.69) is 19.9 Å². The van der Waals surface area contributed by atoms with Crippen LogP contribution in [0.3, 0.4) is 0 Å². The molecule has 0 aliphatic heterocycles. The first-order valence-corrected chi connectivity index (χ1v) is 9.57. The van der Waals surface area contributed by atoms with E-state index in [9.17, 15) is 4.39 Å². The van der Waals surface area contributed by atoms with Crippen LogP contribution in [-0.2, 0) is 7.05 Å². The summed E-state index contributed by atoms with van der Waals surface area (Å²) in [5.41, 5.74) is 6.49. The maximum atomic E-state index is 14.4. The lowest BCUT2D eigenvalue weighted by atomic mass is 9.95. The Balaban J connectivity index is 2.05. The number of hydrogen-bond acceptors (Lipinski definition) is 2. The van der Waals surface area contributed by atoms with Gasteiger partial charge in [-0.05, 0) is 50.8 Å². The first kappa shape index (κ1) is 17.7. The van der Waals surface area contributed by atoms with Crippen molar-refractivity contribution in [2.75, 3.05) is 0 Å². The number of rotatable bonds is 4. The number of hydrogen-bond donors (Lipinski definition) is 0. The Morgan fingerprint density at radius 1 is 1.11 bits per heavy atom. The van der Waals surface area contributed by atoms with Crippen LogP contribution in [0.1, 0.15) is 49.6 Å². The predicted octanol–water partition coefficient (Wildman–Crippen LogP) is 5.55. The number of benzene rings is 1. The molecule has 0 bridgehead atoms. The molecular weight excluding hydrogens is 339 g/mol. The smallest absolute Gasteiger partial charge is 0.158 e. The van der Waals surface area contributed by atoms with Crippen molar-refractivity contribution in [1.29, 1.82) is 0 Å². The van der Waals surface area contributed by atoms with Crippen LogP contribution in [0, 0.1) is 19.7 Å². The number of halogens is 1. The Bertz CT molecular complexity index is 1150. The van der Waals surface area contributed by atoms with E-state index >= 15 is 0 Å². The summed E-state index contributed by atoms with van der Waals surface area (Å²) in [6.45, 7) is 8.45. The van der Waals surface area contributed by atoms with Gasteiger partial charge in [-0.2, -0.15) is 5.10 Å². The second-order valence-electron chi connectivity index (χ2n) is 7.30. The minimum atomic E-state index is -0.213.